The number of rotatable bonds is 6. The van der Waals surface area contributed by atoms with Crippen LogP contribution in [0.15, 0.2) is 41.0 Å². The highest BCUT2D eigenvalue weighted by Crippen LogP contribution is 2.27. The van der Waals surface area contributed by atoms with Crippen LogP contribution in [0.5, 0.6) is 0 Å². The number of aromatic nitrogens is 3. The zero-order valence-corrected chi connectivity index (χ0v) is 14.5. The molecule has 3 rings (SSSR count). The summed E-state index contributed by atoms with van der Waals surface area (Å²) in [6.07, 6.45) is 5.12. The number of fused-ring (bicyclic) bond motifs is 1. The highest BCUT2D eigenvalue weighted by Gasteiger charge is 2.13. The van der Waals surface area contributed by atoms with Crippen LogP contribution in [0.1, 0.15) is 26.2 Å². The summed E-state index contributed by atoms with van der Waals surface area (Å²) in [5.74, 6) is 0.534. The molecule has 1 N–H and O–H groups in total. The van der Waals surface area contributed by atoms with E-state index >= 15 is 0 Å². The van der Waals surface area contributed by atoms with Crippen molar-refractivity contribution < 1.29 is 4.39 Å². The summed E-state index contributed by atoms with van der Waals surface area (Å²) in [4.78, 5) is 4.54. The number of halogens is 2. The van der Waals surface area contributed by atoms with Crippen LogP contribution in [0.25, 0.3) is 16.9 Å². The van der Waals surface area contributed by atoms with Gasteiger partial charge >= 0.3 is 0 Å². The molecule has 0 aliphatic rings. The molecule has 0 fully saturated rings. The maximum absolute atomic E-state index is 14.1. The van der Waals surface area contributed by atoms with Crippen molar-refractivity contribution in [1.82, 2.24) is 14.6 Å². The van der Waals surface area contributed by atoms with Crippen LogP contribution in [0, 0.1) is 5.82 Å². The molecular weight excluding hydrogens is 359 g/mol. The third-order valence-corrected chi connectivity index (χ3v) is 4.22. The van der Waals surface area contributed by atoms with E-state index in [1.54, 1.807) is 22.8 Å². The topological polar surface area (TPSA) is 42.2 Å². The second-order valence-corrected chi connectivity index (χ2v) is 6.22. The molecule has 0 saturated carbocycles. The van der Waals surface area contributed by atoms with Gasteiger partial charge in [0.15, 0.2) is 5.65 Å². The first kappa shape index (κ1) is 15.9. The zero-order chi connectivity index (χ0) is 16.2. The molecule has 2 heterocycles. The lowest BCUT2D eigenvalue weighted by atomic mass is 10.1. The molecule has 0 aliphatic heterocycles. The number of hydrogen-bond donors (Lipinski definition) is 1. The Labute approximate surface area is 142 Å². The first-order valence-electron chi connectivity index (χ1n) is 7.73. The molecule has 0 radical (unpaired) electrons. The number of hydrogen-bond acceptors (Lipinski definition) is 3. The van der Waals surface area contributed by atoms with Gasteiger partial charge in [0.25, 0.3) is 0 Å². The van der Waals surface area contributed by atoms with Gasteiger partial charge in [-0.2, -0.15) is 9.61 Å². The Morgan fingerprint density at radius 1 is 1.26 bits per heavy atom. The molecule has 23 heavy (non-hydrogen) atoms. The van der Waals surface area contributed by atoms with Crippen LogP contribution in [0.4, 0.5) is 10.2 Å². The van der Waals surface area contributed by atoms with E-state index in [9.17, 15) is 4.39 Å². The van der Waals surface area contributed by atoms with E-state index in [1.807, 2.05) is 12.1 Å². The monoisotopic (exact) mass is 376 g/mol. The predicted octanol–water partition coefficient (Wildman–Crippen LogP) is 4.90. The summed E-state index contributed by atoms with van der Waals surface area (Å²) in [6.45, 7) is 3.02. The molecule has 0 unspecified atom stereocenters. The average molecular weight is 377 g/mol. The van der Waals surface area contributed by atoms with Gasteiger partial charge in [0, 0.05) is 18.2 Å². The fourth-order valence-corrected chi connectivity index (χ4v) is 2.81. The van der Waals surface area contributed by atoms with Crippen molar-refractivity contribution in [3.05, 3.63) is 46.8 Å². The van der Waals surface area contributed by atoms with E-state index in [0.717, 1.165) is 23.3 Å². The molecular formula is C17H18BrFN4. The standard InChI is InChI=1S/C17H18BrFN4/c1-2-3-6-9-20-16-10-15(12-7-4-5-8-14(12)19)22-17-13(18)11-21-23(16)17/h4-5,7-8,10-11,20H,2-3,6,9H2,1H3. The Hall–Kier alpha value is -1.95. The minimum absolute atomic E-state index is 0.281. The summed E-state index contributed by atoms with van der Waals surface area (Å²) < 4.78 is 16.6. The molecule has 4 nitrogen and oxygen atoms in total. The first-order chi connectivity index (χ1) is 11.2. The third-order valence-electron chi connectivity index (χ3n) is 3.67. The summed E-state index contributed by atoms with van der Waals surface area (Å²) in [5, 5.41) is 7.71. The second kappa shape index (κ2) is 7.08. The summed E-state index contributed by atoms with van der Waals surface area (Å²) in [6, 6.07) is 8.51. The highest BCUT2D eigenvalue weighted by molar-refractivity contribution is 9.10. The molecule has 0 amide bonds. The molecule has 0 atom stereocenters. The molecule has 0 spiro atoms. The van der Waals surface area contributed by atoms with Crippen molar-refractivity contribution in [3.8, 4) is 11.3 Å². The lowest BCUT2D eigenvalue weighted by molar-refractivity contribution is 0.630. The van der Waals surface area contributed by atoms with Crippen LogP contribution in [-0.4, -0.2) is 21.1 Å². The largest absolute Gasteiger partial charge is 0.370 e. The quantitative estimate of drug-likeness (QED) is 0.622. The summed E-state index contributed by atoms with van der Waals surface area (Å²) >= 11 is 3.45. The number of nitrogens with zero attached hydrogens (tertiary/aromatic N) is 3. The van der Waals surface area contributed by atoms with Gasteiger partial charge in [-0.05, 0) is 34.5 Å². The van der Waals surface area contributed by atoms with E-state index in [2.05, 4.69) is 38.3 Å². The highest BCUT2D eigenvalue weighted by atomic mass is 79.9. The van der Waals surface area contributed by atoms with Crippen molar-refractivity contribution in [2.75, 3.05) is 11.9 Å². The first-order valence-corrected chi connectivity index (χ1v) is 8.53. The van der Waals surface area contributed by atoms with E-state index in [0.29, 0.717) is 16.9 Å². The number of nitrogens with one attached hydrogen (secondary N) is 1. The molecule has 0 saturated heterocycles. The van der Waals surface area contributed by atoms with Gasteiger partial charge in [0.1, 0.15) is 11.6 Å². The Morgan fingerprint density at radius 3 is 2.87 bits per heavy atom. The molecule has 1 aromatic carbocycles. The van der Waals surface area contributed by atoms with Gasteiger partial charge in [0.2, 0.25) is 0 Å². The van der Waals surface area contributed by atoms with Gasteiger partial charge < -0.3 is 5.32 Å². The van der Waals surface area contributed by atoms with Gasteiger partial charge in [0.05, 0.1) is 16.4 Å². The molecule has 0 aliphatic carbocycles. The predicted molar refractivity (Wildman–Crippen MR) is 94.1 cm³/mol. The number of unbranched alkanes of at least 4 members (excludes halogenated alkanes) is 2. The third kappa shape index (κ3) is 3.37. The van der Waals surface area contributed by atoms with E-state index in [-0.39, 0.29) is 5.82 Å². The minimum atomic E-state index is -0.281. The molecule has 6 heteroatoms. The Balaban J connectivity index is 2.02. The van der Waals surface area contributed by atoms with Gasteiger partial charge in [-0.1, -0.05) is 31.9 Å². The van der Waals surface area contributed by atoms with Crippen LogP contribution >= 0.6 is 15.9 Å². The van der Waals surface area contributed by atoms with Crippen molar-refractivity contribution in [3.63, 3.8) is 0 Å². The molecule has 2 aromatic heterocycles. The number of anilines is 1. The second-order valence-electron chi connectivity index (χ2n) is 5.37. The van der Waals surface area contributed by atoms with Crippen LogP contribution in [0.3, 0.4) is 0 Å². The van der Waals surface area contributed by atoms with Crippen LogP contribution in [0.2, 0.25) is 0 Å². The minimum Gasteiger partial charge on any atom is -0.370 e. The van der Waals surface area contributed by atoms with Crippen molar-refractivity contribution in [2.45, 2.75) is 26.2 Å². The van der Waals surface area contributed by atoms with Gasteiger partial charge in [-0.3, -0.25) is 0 Å². The maximum atomic E-state index is 14.1. The lowest BCUT2D eigenvalue weighted by Crippen LogP contribution is -2.08. The zero-order valence-electron chi connectivity index (χ0n) is 12.9. The van der Waals surface area contributed by atoms with E-state index < -0.39 is 0 Å². The molecule has 0 bridgehead atoms. The Kier molecular flexibility index (Phi) is 4.91. The van der Waals surface area contributed by atoms with Crippen LogP contribution < -0.4 is 5.32 Å². The molecule has 120 valence electrons. The smallest absolute Gasteiger partial charge is 0.172 e. The number of benzene rings is 1. The lowest BCUT2D eigenvalue weighted by Gasteiger charge is -2.11. The van der Waals surface area contributed by atoms with Crippen LogP contribution in [-0.2, 0) is 0 Å². The van der Waals surface area contributed by atoms with Gasteiger partial charge in [-0.15, -0.1) is 0 Å². The summed E-state index contributed by atoms with van der Waals surface area (Å²) in [5.41, 5.74) is 1.75. The van der Waals surface area contributed by atoms with Crippen molar-refractivity contribution in [1.29, 1.82) is 0 Å². The average Bonchev–Trinajstić information content (AvgIpc) is 2.93. The fourth-order valence-electron chi connectivity index (χ4n) is 2.46. The van der Waals surface area contributed by atoms with Crippen molar-refractivity contribution >= 4 is 27.4 Å². The summed E-state index contributed by atoms with van der Waals surface area (Å²) in [7, 11) is 0. The molecule has 3 aromatic rings. The Bertz CT molecular complexity index is 815. The van der Waals surface area contributed by atoms with E-state index in [4.69, 9.17) is 0 Å². The fraction of sp³-hybridized carbons (Fsp3) is 0.294. The SMILES string of the molecule is CCCCCNc1cc(-c2ccccc2F)nc2c(Br)cnn12. The van der Waals surface area contributed by atoms with Gasteiger partial charge in [-0.25, -0.2) is 9.37 Å². The maximum Gasteiger partial charge on any atom is 0.172 e. The van der Waals surface area contributed by atoms with E-state index in [1.165, 1.54) is 18.9 Å². The van der Waals surface area contributed by atoms with Crippen molar-refractivity contribution in [2.24, 2.45) is 0 Å². The normalized spacial score (nSPS) is 11.1. The Morgan fingerprint density at radius 2 is 2.09 bits per heavy atom.